The Labute approximate surface area is 97.2 Å². The summed E-state index contributed by atoms with van der Waals surface area (Å²) >= 11 is 0. The highest BCUT2D eigenvalue weighted by molar-refractivity contribution is 5.16. The molecule has 0 radical (unpaired) electrons. The van der Waals surface area contributed by atoms with Gasteiger partial charge in [0.15, 0.2) is 0 Å². The van der Waals surface area contributed by atoms with Crippen molar-refractivity contribution in [1.82, 2.24) is 10.3 Å². The van der Waals surface area contributed by atoms with Gasteiger partial charge in [0.2, 0.25) is 0 Å². The van der Waals surface area contributed by atoms with Crippen molar-refractivity contribution in [3.8, 4) is 0 Å². The van der Waals surface area contributed by atoms with Crippen LogP contribution in [0.1, 0.15) is 24.1 Å². The first-order valence-electron chi connectivity index (χ1n) is 6.05. The average molecular weight is 220 g/mol. The SMILES string of the molecule is Cc1cccnc1COCC1CCNCC1. The van der Waals surface area contributed by atoms with Gasteiger partial charge < -0.3 is 10.1 Å². The first-order chi connectivity index (χ1) is 7.86. The van der Waals surface area contributed by atoms with E-state index >= 15 is 0 Å². The number of nitrogens with zero attached hydrogens (tertiary/aromatic N) is 1. The molecule has 1 saturated heterocycles. The molecule has 1 aliphatic heterocycles. The van der Waals surface area contributed by atoms with Crippen LogP contribution in [-0.4, -0.2) is 24.7 Å². The Morgan fingerprint density at radius 3 is 3.00 bits per heavy atom. The largest absolute Gasteiger partial charge is 0.375 e. The number of nitrogens with one attached hydrogen (secondary N) is 1. The van der Waals surface area contributed by atoms with Crippen molar-refractivity contribution in [1.29, 1.82) is 0 Å². The molecule has 0 aromatic carbocycles. The van der Waals surface area contributed by atoms with Crippen LogP contribution < -0.4 is 5.32 Å². The number of hydrogen-bond acceptors (Lipinski definition) is 3. The van der Waals surface area contributed by atoms with Crippen LogP contribution >= 0.6 is 0 Å². The second-order valence-electron chi connectivity index (χ2n) is 4.48. The third-order valence-electron chi connectivity index (χ3n) is 3.17. The fourth-order valence-electron chi connectivity index (χ4n) is 2.04. The second-order valence-corrected chi connectivity index (χ2v) is 4.48. The zero-order valence-corrected chi connectivity index (χ0v) is 9.91. The molecule has 0 spiro atoms. The molecule has 88 valence electrons. The van der Waals surface area contributed by atoms with E-state index in [1.54, 1.807) is 0 Å². The third-order valence-corrected chi connectivity index (χ3v) is 3.17. The molecule has 1 fully saturated rings. The predicted molar refractivity (Wildman–Crippen MR) is 64.2 cm³/mol. The molecular formula is C13H20N2O. The number of rotatable bonds is 4. The van der Waals surface area contributed by atoms with Crippen molar-refractivity contribution in [3.05, 3.63) is 29.6 Å². The lowest BCUT2D eigenvalue weighted by molar-refractivity contribution is 0.0741. The second kappa shape index (κ2) is 5.97. The van der Waals surface area contributed by atoms with Gasteiger partial charge in [-0.25, -0.2) is 0 Å². The highest BCUT2D eigenvalue weighted by Crippen LogP contribution is 2.13. The Kier molecular flexibility index (Phi) is 4.31. The van der Waals surface area contributed by atoms with Crippen molar-refractivity contribution in [2.75, 3.05) is 19.7 Å². The normalized spacial score (nSPS) is 17.6. The van der Waals surface area contributed by atoms with E-state index in [1.165, 1.54) is 18.4 Å². The van der Waals surface area contributed by atoms with E-state index < -0.39 is 0 Å². The van der Waals surface area contributed by atoms with Crippen molar-refractivity contribution >= 4 is 0 Å². The van der Waals surface area contributed by atoms with E-state index in [1.807, 2.05) is 12.3 Å². The quantitative estimate of drug-likeness (QED) is 0.841. The maximum Gasteiger partial charge on any atom is 0.0890 e. The molecule has 0 amide bonds. The number of aromatic nitrogens is 1. The molecule has 1 N–H and O–H groups in total. The topological polar surface area (TPSA) is 34.1 Å². The van der Waals surface area contributed by atoms with Gasteiger partial charge in [-0.15, -0.1) is 0 Å². The fraction of sp³-hybridized carbons (Fsp3) is 0.615. The van der Waals surface area contributed by atoms with Gasteiger partial charge >= 0.3 is 0 Å². The molecule has 2 rings (SSSR count). The highest BCUT2D eigenvalue weighted by Gasteiger charge is 2.12. The minimum Gasteiger partial charge on any atom is -0.375 e. The first-order valence-corrected chi connectivity index (χ1v) is 6.05. The third kappa shape index (κ3) is 3.29. The summed E-state index contributed by atoms with van der Waals surface area (Å²) in [6.07, 6.45) is 4.30. The molecule has 1 aromatic heterocycles. The molecule has 0 bridgehead atoms. The summed E-state index contributed by atoms with van der Waals surface area (Å²) in [5, 5.41) is 3.36. The Morgan fingerprint density at radius 2 is 2.25 bits per heavy atom. The standard InChI is InChI=1S/C13H20N2O/c1-11-3-2-6-15-13(11)10-16-9-12-4-7-14-8-5-12/h2-3,6,12,14H,4-5,7-10H2,1H3. The lowest BCUT2D eigenvalue weighted by Crippen LogP contribution is -2.29. The molecule has 0 saturated carbocycles. The summed E-state index contributed by atoms with van der Waals surface area (Å²) < 4.78 is 5.75. The Bertz CT molecular complexity index is 321. The summed E-state index contributed by atoms with van der Waals surface area (Å²) in [6.45, 7) is 5.87. The number of ether oxygens (including phenoxy) is 1. The van der Waals surface area contributed by atoms with Gasteiger partial charge in [0, 0.05) is 6.20 Å². The summed E-state index contributed by atoms with van der Waals surface area (Å²) in [5.74, 6) is 0.727. The molecule has 1 aliphatic rings. The van der Waals surface area contributed by atoms with Gasteiger partial charge in [-0.05, 0) is 50.4 Å². The smallest absolute Gasteiger partial charge is 0.0890 e. The summed E-state index contributed by atoms with van der Waals surface area (Å²) in [6, 6.07) is 4.04. The first kappa shape index (κ1) is 11.6. The molecular weight excluding hydrogens is 200 g/mol. The lowest BCUT2D eigenvalue weighted by Gasteiger charge is -2.22. The van der Waals surface area contributed by atoms with Gasteiger partial charge in [0.1, 0.15) is 0 Å². The van der Waals surface area contributed by atoms with Crippen LogP contribution in [0.15, 0.2) is 18.3 Å². The van der Waals surface area contributed by atoms with Crippen LogP contribution in [-0.2, 0) is 11.3 Å². The lowest BCUT2D eigenvalue weighted by atomic mass is 9.99. The van der Waals surface area contributed by atoms with Gasteiger partial charge in [-0.1, -0.05) is 6.07 Å². The molecule has 2 heterocycles. The maximum absolute atomic E-state index is 5.75. The summed E-state index contributed by atoms with van der Waals surface area (Å²) in [7, 11) is 0. The van der Waals surface area contributed by atoms with E-state index in [2.05, 4.69) is 23.3 Å². The molecule has 0 aliphatic carbocycles. The van der Waals surface area contributed by atoms with Crippen molar-refractivity contribution in [3.63, 3.8) is 0 Å². The van der Waals surface area contributed by atoms with Crippen molar-refractivity contribution in [2.24, 2.45) is 5.92 Å². The Hall–Kier alpha value is -0.930. The zero-order valence-electron chi connectivity index (χ0n) is 9.91. The highest BCUT2D eigenvalue weighted by atomic mass is 16.5. The fourth-order valence-corrected chi connectivity index (χ4v) is 2.04. The van der Waals surface area contributed by atoms with Gasteiger partial charge in [0.05, 0.1) is 18.9 Å². The molecule has 16 heavy (non-hydrogen) atoms. The van der Waals surface area contributed by atoms with E-state index in [4.69, 9.17) is 4.74 Å². The number of piperidine rings is 1. The van der Waals surface area contributed by atoms with Gasteiger partial charge in [-0.3, -0.25) is 4.98 Å². The van der Waals surface area contributed by atoms with E-state index in [0.29, 0.717) is 6.61 Å². The molecule has 1 aromatic rings. The summed E-state index contributed by atoms with van der Waals surface area (Å²) in [4.78, 5) is 4.32. The molecule has 3 heteroatoms. The van der Waals surface area contributed by atoms with E-state index in [-0.39, 0.29) is 0 Å². The maximum atomic E-state index is 5.75. The molecule has 3 nitrogen and oxygen atoms in total. The van der Waals surface area contributed by atoms with Crippen LogP contribution in [0.3, 0.4) is 0 Å². The van der Waals surface area contributed by atoms with Crippen LogP contribution in [0.4, 0.5) is 0 Å². The van der Waals surface area contributed by atoms with Crippen LogP contribution in [0.2, 0.25) is 0 Å². The van der Waals surface area contributed by atoms with E-state index in [0.717, 1.165) is 31.3 Å². The Morgan fingerprint density at radius 1 is 1.44 bits per heavy atom. The molecule has 0 unspecified atom stereocenters. The minimum absolute atomic E-state index is 0.649. The van der Waals surface area contributed by atoms with Crippen LogP contribution in [0, 0.1) is 12.8 Å². The Balaban J connectivity index is 1.73. The van der Waals surface area contributed by atoms with Gasteiger partial charge in [0.25, 0.3) is 0 Å². The number of aryl methyl sites for hydroxylation is 1. The number of pyridine rings is 1. The van der Waals surface area contributed by atoms with Crippen LogP contribution in [0.25, 0.3) is 0 Å². The molecule has 0 atom stereocenters. The van der Waals surface area contributed by atoms with Crippen molar-refractivity contribution in [2.45, 2.75) is 26.4 Å². The van der Waals surface area contributed by atoms with E-state index in [9.17, 15) is 0 Å². The minimum atomic E-state index is 0.649. The van der Waals surface area contributed by atoms with Crippen molar-refractivity contribution < 1.29 is 4.74 Å². The number of hydrogen-bond donors (Lipinski definition) is 1. The van der Waals surface area contributed by atoms with Crippen LogP contribution in [0.5, 0.6) is 0 Å². The zero-order chi connectivity index (χ0) is 11.2. The predicted octanol–water partition coefficient (Wildman–Crippen LogP) is 1.91. The average Bonchev–Trinajstić information content (AvgIpc) is 2.33. The van der Waals surface area contributed by atoms with Gasteiger partial charge in [-0.2, -0.15) is 0 Å². The monoisotopic (exact) mass is 220 g/mol. The summed E-state index contributed by atoms with van der Waals surface area (Å²) in [5.41, 5.74) is 2.28.